The number of nitrogens with two attached hydrogens (primary N) is 1. The third kappa shape index (κ3) is 5.25. The summed E-state index contributed by atoms with van der Waals surface area (Å²) < 4.78 is 12.2. The van der Waals surface area contributed by atoms with Crippen LogP contribution in [0.4, 0.5) is 5.69 Å². The number of hydrogen-bond acceptors (Lipinski definition) is 3. The molecule has 1 saturated carbocycles. The molecule has 0 bridgehead atoms. The number of benzene rings is 1. The zero-order valence-corrected chi connectivity index (χ0v) is 13.2. The summed E-state index contributed by atoms with van der Waals surface area (Å²) in [5.41, 5.74) is 7.33. The molecule has 0 spiro atoms. The first-order chi connectivity index (χ1) is 10.2. The Labute approximate surface area is 129 Å². The number of hydrogen-bond donors (Lipinski definition) is 2. The lowest BCUT2D eigenvalue weighted by Gasteiger charge is -2.20. The summed E-state index contributed by atoms with van der Waals surface area (Å²) in [6.45, 7) is 0.495. The molecular formula is C16H24N2O2S. The second-order valence-electron chi connectivity index (χ2n) is 5.54. The Morgan fingerprint density at radius 3 is 2.48 bits per heavy atom. The molecule has 1 aliphatic rings. The van der Waals surface area contributed by atoms with Gasteiger partial charge in [-0.25, -0.2) is 0 Å². The summed E-state index contributed by atoms with van der Waals surface area (Å²) >= 11 is 0. The monoisotopic (exact) mass is 308 g/mol. The lowest BCUT2D eigenvalue weighted by atomic mass is 10.0. The zero-order chi connectivity index (χ0) is 15.1. The lowest BCUT2D eigenvalue weighted by Crippen LogP contribution is -2.23. The van der Waals surface area contributed by atoms with Crippen molar-refractivity contribution in [2.45, 2.75) is 50.3 Å². The highest BCUT2D eigenvalue weighted by atomic mass is 32.2. The van der Waals surface area contributed by atoms with E-state index in [4.69, 9.17) is 5.73 Å². The summed E-state index contributed by atoms with van der Waals surface area (Å²) in [7, 11) is -0.867. The van der Waals surface area contributed by atoms with Crippen LogP contribution in [0.2, 0.25) is 0 Å². The smallest absolute Gasteiger partial charge is 0.225 e. The van der Waals surface area contributed by atoms with Crippen LogP contribution in [-0.4, -0.2) is 21.1 Å². The molecule has 2 rings (SSSR count). The van der Waals surface area contributed by atoms with E-state index in [1.54, 1.807) is 0 Å². The van der Waals surface area contributed by atoms with Crippen LogP contribution in [0.15, 0.2) is 24.3 Å². The van der Waals surface area contributed by atoms with E-state index in [0.717, 1.165) is 24.1 Å². The average molecular weight is 308 g/mol. The first-order valence-electron chi connectivity index (χ1n) is 7.65. The third-order valence-electron chi connectivity index (χ3n) is 3.93. The van der Waals surface area contributed by atoms with Crippen LogP contribution in [0.1, 0.15) is 44.1 Å². The van der Waals surface area contributed by atoms with E-state index in [0.29, 0.717) is 24.0 Å². The molecule has 1 atom stereocenters. The summed E-state index contributed by atoms with van der Waals surface area (Å²) in [5.74, 6) is 0.400. The summed E-state index contributed by atoms with van der Waals surface area (Å²) in [4.78, 5) is 11.9. The summed E-state index contributed by atoms with van der Waals surface area (Å²) in [6, 6.07) is 7.49. The average Bonchev–Trinajstić information content (AvgIpc) is 2.54. The number of amides is 1. The maximum Gasteiger partial charge on any atom is 0.225 e. The van der Waals surface area contributed by atoms with Crippen LogP contribution in [0.25, 0.3) is 0 Å². The van der Waals surface area contributed by atoms with E-state index >= 15 is 0 Å². The van der Waals surface area contributed by atoms with Gasteiger partial charge in [-0.1, -0.05) is 31.4 Å². The first kappa shape index (κ1) is 16.2. The molecule has 4 nitrogen and oxygen atoms in total. The Kier molecular flexibility index (Phi) is 6.39. The van der Waals surface area contributed by atoms with Crippen molar-refractivity contribution in [3.8, 4) is 0 Å². The highest BCUT2D eigenvalue weighted by molar-refractivity contribution is 7.85. The van der Waals surface area contributed by atoms with Gasteiger partial charge in [-0.3, -0.25) is 9.00 Å². The van der Waals surface area contributed by atoms with Crippen LogP contribution < -0.4 is 11.1 Å². The molecule has 1 aliphatic carbocycles. The molecule has 1 aromatic carbocycles. The number of anilines is 1. The van der Waals surface area contributed by atoms with E-state index in [2.05, 4.69) is 5.32 Å². The van der Waals surface area contributed by atoms with Crippen LogP contribution in [0.5, 0.6) is 0 Å². The molecule has 0 aromatic heterocycles. The summed E-state index contributed by atoms with van der Waals surface area (Å²) in [6.07, 6.45) is 6.03. The van der Waals surface area contributed by atoms with Crippen molar-refractivity contribution in [3.05, 3.63) is 29.8 Å². The molecule has 0 aliphatic heterocycles. The van der Waals surface area contributed by atoms with Gasteiger partial charge in [0.05, 0.1) is 0 Å². The maximum atomic E-state index is 12.2. The van der Waals surface area contributed by atoms with E-state index in [-0.39, 0.29) is 5.91 Å². The number of carbonyl (C=O) groups is 1. The minimum absolute atomic E-state index is 0.0698. The quantitative estimate of drug-likeness (QED) is 0.848. The Hall–Kier alpha value is -1.20. The topological polar surface area (TPSA) is 72.2 Å². The molecule has 5 heteroatoms. The van der Waals surface area contributed by atoms with E-state index in [1.807, 2.05) is 24.3 Å². The van der Waals surface area contributed by atoms with Gasteiger partial charge in [-0.05, 0) is 30.5 Å². The van der Waals surface area contributed by atoms with Crippen molar-refractivity contribution in [1.29, 1.82) is 0 Å². The minimum atomic E-state index is -0.867. The number of carbonyl (C=O) groups excluding carboxylic acids is 1. The predicted molar refractivity (Wildman–Crippen MR) is 87.5 cm³/mol. The molecule has 3 N–H and O–H groups in total. The van der Waals surface area contributed by atoms with Crippen molar-refractivity contribution in [2.24, 2.45) is 5.73 Å². The van der Waals surface area contributed by atoms with Crippen LogP contribution >= 0.6 is 0 Å². The maximum absolute atomic E-state index is 12.2. The Morgan fingerprint density at radius 2 is 1.86 bits per heavy atom. The Balaban J connectivity index is 1.74. The fourth-order valence-electron chi connectivity index (χ4n) is 2.64. The van der Waals surface area contributed by atoms with Crippen molar-refractivity contribution in [1.82, 2.24) is 0 Å². The van der Waals surface area contributed by atoms with Gasteiger partial charge in [0.15, 0.2) is 0 Å². The minimum Gasteiger partial charge on any atom is -0.326 e. The Morgan fingerprint density at radius 1 is 1.19 bits per heavy atom. The second kappa shape index (κ2) is 8.29. The molecule has 116 valence electrons. The third-order valence-corrected chi connectivity index (χ3v) is 5.75. The number of rotatable bonds is 6. The largest absolute Gasteiger partial charge is 0.326 e. The standard InChI is InChI=1S/C16H24N2O2S/c17-12-13-6-8-14(9-7-13)18-16(19)10-11-21(20)15-4-2-1-3-5-15/h6-9,15H,1-5,10-12,17H2,(H,18,19). The van der Waals surface area contributed by atoms with Gasteiger partial charge in [-0.2, -0.15) is 0 Å². The molecule has 0 heterocycles. The fraction of sp³-hybridized carbons (Fsp3) is 0.562. The highest BCUT2D eigenvalue weighted by Gasteiger charge is 2.20. The molecule has 21 heavy (non-hydrogen) atoms. The first-order valence-corrected chi connectivity index (χ1v) is 9.03. The SMILES string of the molecule is NCc1ccc(NC(=O)CCS(=O)C2CCCCC2)cc1. The van der Waals surface area contributed by atoms with Crippen molar-refractivity contribution < 1.29 is 9.00 Å². The molecular weight excluding hydrogens is 284 g/mol. The van der Waals surface area contributed by atoms with Crippen molar-refractivity contribution >= 4 is 22.4 Å². The Bertz CT molecular complexity index is 482. The van der Waals surface area contributed by atoms with E-state index in [1.165, 1.54) is 19.3 Å². The summed E-state index contributed by atoms with van der Waals surface area (Å²) in [5, 5.41) is 3.14. The van der Waals surface area contributed by atoms with E-state index < -0.39 is 10.8 Å². The molecule has 1 fully saturated rings. The van der Waals surface area contributed by atoms with E-state index in [9.17, 15) is 9.00 Å². The van der Waals surface area contributed by atoms with Gasteiger partial charge in [0.2, 0.25) is 5.91 Å². The molecule has 1 amide bonds. The second-order valence-corrected chi connectivity index (χ2v) is 7.38. The zero-order valence-electron chi connectivity index (χ0n) is 12.3. The van der Waals surface area contributed by atoms with Gasteiger partial charge in [0.1, 0.15) is 0 Å². The van der Waals surface area contributed by atoms with Gasteiger partial charge in [-0.15, -0.1) is 0 Å². The highest BCUT2D eigenvalue weighted by Crippen LogP contribution is 2.22. The van der Waals surface area contributed by atoms with Gasteiger partial charge < -0.3 is 11.1 Å². The van der Waals surface area contributed by atoms with Crippen LogP contribution in [0.3, 0.4) is 0 Å². The van der Waals surface area contributed by atoms with Crippen molar-refractivity contribution in [2.75, 3.05) is 11.1 Å². The molecule has 0 radical (unpaired) electrons. The van der Waals surface area contributed by atoms with Gasteiger partial charge in [0, 0.05) is 40.5 Å². The lowest BCUT2D eigenvalue weighted by molar-refractivity contribution is -0.115. The molecule has 1 aromatic rings. The molecule has 0 saturated heterocycles. The van der Waals surface area contributed by atoms with Crippen molar-refractivity contribution in [3.63, 3.8) is 0 Å². The molecule has 1 unspecified atom stereocenters. The van der Waals surface area contributed by atoms with Gasteiger partial charge >= 0.3 is 0 Å². The number of nitrogens with one attached hydrogen (secondary N) is 1. The fourth-order valence-corrected chi connectivity index (χ4v) is 4.21. The van der Waals surface area contributed by atoms with Gasteiger partial charge in [0.25, 0.3) is 0 Å². The normalized spacial score (nSPS) is 17.4. The van der Waals surface area contributed by atoms with Crippen LogP contribution in [0, 0.1) is 0 Å². The van der Waals surface area contributed by atoms with Crippen LogP contribution in [-0.2, 0) is 22.1 Å². The predicted octanol–water partition coefficient (Wildman–Crippen LogP) is 2.56.